The number of fused-ring (bicyclic) bond motifs is 1. The Morgan fingerprint density at radius 2 is 1.90 bits per heavy atom. The van der Waals surface area contributed by atoms with E-state index in [1.165, 1.54) is 9.87 Å². The van der Waals surface area contributed by atoms with E-state index in [2.05, 4.69) is 53.8 Å². The number of sulfonamides is 1. The van der Waals surface area contributed by atoms with E-state index in [-0.39, 0.29) is 24.2 Å². The number of hydrogen-bond acceptors (Lipinski definition) is 8. The second-order valence-corrected chi connectivity index (χ2v) is 13.7. The molecule has 0 atom stereocenters. The van der Waals surface area contributed by atoms with Crippen molar-refractivity contribution in [2.75, 3.05) is 42.6 Å². The van der Waals surface area contributed by atoms with Crippen molar-refractivity contribution in [3.8, 4) is 18.1 Å². The number of ether oxygens (including phenoxy) is 1. The number of carbonyl (C=O) groups is 1. The molecular formula is C30H41BrN6O4S. The minimum absolute atomic E-state index is 0.0480. The summed E-state index contributed by atoms with van der Waals surface area (Å²) in [5.74, 6) is 4.41. The van der Waals surface area contributed by atoms with Crippen LogP contribution in [0.1, 0.15) is 69.8 Å². The van der Waals surface area contributed by atoms with E-state index in [9.17, 15) is 13.2 Å². The number of halogens is 1. The van der Waals surface area contributed by atoms with Crippen molar-refractivity contribution in [3.63, 3.8) is 0 Å². The lowest BCUT2D eigenvalue weighted by molar-refractivity contribution is -0.121. The minimum Gasteiger partial charge on any atom is -0.491 e. The molecule has 3 heterocycles. The number of carbonyl (C=O) groups excluding carboxylic acids is 1. The fourth-order valence-electron chi connectivity index (χ4n) is 5.18. The Kier molecular flexibility index (Phi) is 12.3. The Balaban J connectivity index is 1.16. The van der Waals surface area contributed by atoms with Crippen molar-refractivity contribution in [1.82, 2.24) is 19.6 Å². The van der Waals surface area contributed by atoms with Gasteiger partial charge in [0.1, 0.15) is 11.6 Å². The normalized spacial score (nSPS) is 15.4. The molecular weight excluding hydrogens is 620 g/mol. The predicted molar refractivity (Wildman–Crippen MR) is 169 cm³/mol. The van der Waals surface area contributed by atoms with Gasteiger partial charge >= 0.3 is 0 Å². The van der Waals surface area contributed by atoms with Crippen molar-refractivity contribution < 1.29 is 17.9 Å². The minimum atomic E-state index is -3.45. The van der Waals surface area contributed by atoms with Crippen LogP contribution < -0.4 is 20.7 Å². The molecule has 1 amide bonds. The zero-order valence-corrected chi connectivity index (χ0v) is 26.4. The monoisotopic (exact) mass is 660 g/mol. The molecule has 2 aliphatic heterocycles. The number of terminal acetylenes is 1. The van der Waals surface area contributed by atoms with Gasteiger partial charge in [-0.05, 0) is 53.2 Å². The van der Waals surface area contributed by atoms with Crippen molar-refractivity contribution in [1.29, 1.82) is 0 Å². The molecule has 228 valence electrons. The van der Waals surface area contributed by atoms with Gasteiger partial charge in [-0.1, -0.05) is 37.8 Å². The molecule has 0 bridgehead atoms. The first-order chi connectivity index (χ1) is 20.4. The van der Waals surface area contributed by atoms with Crippen LogP contribution in [0.25, 0.3) is 0 Å². The SMILES string of the molecule is C#CCCCCCCCCC(=O)NCCS(=O)(=O)N1CCC(Nc2ncc(Br)c(Nc3cccc4c3OCC4)n2)CC1. The van der Waals surface area contributed by atoms with E-state index in [1.807, 2.05) is 12.1 Å². The number of nitrogens with zero attached hydrogens (tertiary/aromatic N) is 3. The molecule has 1 aromatic carbocycles. The average Bonchev–Trinajstić information content (AvgIpc) is 3.47. The zero-order chi connectivity index (χ0) is 29.8. The molecule has 0 radical (unpaired) electrons. The van der Waals surface area contributed by atoms with Gasteiger partial charge in [0.2, 0.25) is 21.9 Å². The summed E-state index contributed by atoms with van der Waals surface area (Å²) < 4.78 is 33.8. The first-order valence-electron chi connectivity index (χ1n) is 14.8. The van der Waals surface area contributed by atoms with Gasteiger partial charge in [0.25, 0.3) is 0 Å². The highest BCUT2D eigenvalue weighted by Gasteiger charge is 2.28. The number of piperidine rings is 1. The van der Waals surface area contributed by atoms with Gasteiger partial charge in [-0.3, -0.25) is 4.79 Å². The fourth-order valence-corrected chi connectivity index (χ4v) is 6.86. The van der Waals surface area contributed by atoms with Gasteiger partial charge in [-0.15, -0.1) is 12.3 Å². The third-order valence-corrected chi connectivity index (χ3v) is 10.0. The molecule has 1 fully saturated rings. The van der Waals surface area contributed by atoms with Gasteiger partial charge in [0.05, 0.1) is 22.5 Å². The van der Waals surface area contributed by atoms with Crippen LogP contribution in [-0.2, 0) is 21.2 Å². The molecule has 1 saturated heterocycles. The van der Waals surface area contributed by atoms with Crippen LogP contribution in [0.3, 0.4) is 0 Å². The van der Waals surface area contributed by atoms with Crippen molar-refractivity contribution >= 4 is 49.3 Å². The standard InChI is InChI=1S/C30H41BrN6O4S/c1-2-3-4-5-6-7-8-9-13-27(38)32-17-21-42(39,40)37-18-14-24(15-19-37)34-30-33-22-25(31)29(36-30)35-26-12-10-11-23-16-20-41-28(23)26/h1,10-12,22,24H,3-9,13-21H2,(H,32,38)(H2,33,34,35,36). The lowest BCUT2D eigenvalue weighted by atomic mass is 10.1. The summed E-state index contributed by atoms with van der Waals surface area (Å²) in [6, 6.07) is 6.06. The molecule has 2 aromatic rings. The maximum atomic E-state index is 12.9. The summed E-state index contributed by atoms with van der Waals surface area (Å²) in [4.78, 5) is 21.2. The largest absolute Gasteiger partial charge is 0.491 e. The number of nitrogens with one attached hydrogen (secondary N) is 3. The van der Waals surface area contributed by atoms with Gasteiger partial charge in [-0.2, -0.15) is 4.98 Å². The molecule has 10 nitrogen and oxygen atoms in total. The molecule has 12 heteroatoms. The van der Waals surface area contributed by atoms with Gasteiger partial charge < -0.3 is 20.7 Å². The number of anilines is 3. The highest BCUT2D eigenvalue weighted by atomic mass is 79.9. The van der Waals surface area contributed by atoms with E-state index in [4.69, 9.17) is 11.2 Å². The summed E-state index contributed by atoms with van der Waals surface area (Å²) in [6.07, 6.45) is 16.6. The van der Waals surface area contributed by atoms with Crippen LogP contribution in [-0.4, -0.2) is 66.6 Å². The number of rotatable bonds is 16. The average molecular weight is 662 g/mol. The van der Waals surface area contributed by atoms with Crippen LogP contribution >= 0.6 is 15.9 Å². The van der Waals surface area contributed by atoms with E-state index in [0.29, 0.717) is 50.7 Å². The Bertz CT molecular complexity index is 1340. The molecule has 2 aliphatic rings. The van der Waals surface area contributed by atoms with Crippen molar-refractivity contribution in [2.45, 2.75) is 76.7 Å². The van der Waals surface area contributed by atoms with E-state index < -0.39 is 10.0 Å². The molecule has 0 saturated carbocycles. The molecule has 1 aromatic heterocycles. The van der Waals surface area contributed by atoms with Gasteiger partial charge in [0.15, 0.2) is 0 Å². The molecule has 0 aliphatic carbocycles. The second-order valence-electron chi connectivity index (χ2n) is 10.7. The van der Waals surface area contributed by atoms with Crippen LogP contribution in [0, 0.1) is 12.3 Å². The highest BCUT2D eigenvalue weighted by Crippen LogP contribution is 2.36. The molecule has 42 heavy (non-hydrogen) atoms. The zero-order valence-electron chi connectivity index (χ0n) is 24.0. The number of para-hydroxylation sites is 1. The first-order valence-corrected chi connectivity index (χ1v) is 17.2. The lowest BCUT2D eigenvalue weighted by Gasteiger charge is -2.31. The molecule has 3 N–H and O–H groups in total. The number of hydrogen-bond donors (Lipinski definition) is 3. The smallest absolute Gasteiger partial charge is 0.224 e. The second kappa shape index (κ2) is 16.1. The Labute approximate surface area is 258 Å². The van der Waals surface area contributed by atoms with E-state index >= 15 is 0 Å². The number of aromatic nitrogens is 2. The summed E-state index contributed by atoms with van der Waals surface area (Å²) in [5, 5.41) is 9.47. The first kappa shape index (κ1) is 32.0. The molecule has 0 unspecified atom stereocenters. The third-order valence-electron chi connectivity index (χ3n) is 7.55. The number of unbranched alkanes of at least 4 members (excludes halogenated alkanes) is 6. The van der Waals surface area contributed by atoms with Gasteiger partial charge in [0, 0.05) is 51.1 Å². The maximum Gasteiger partial charge on any atom is 0.224 e. The highest BCUT2D eigenvalue weighted by molar-refractivity contribution is 9.10. The van der Waals surface area contributed by atoms with Crippen LogP contribution in [0.5, 0.6) is 5.75 Å². The van der Waals surface area contributed by atoms with Crippen LogP contribution in [0.15, 0.2) is 28.9 Å². The Hall–Kier alpha value is -2.88. The summed E-state index contributed by atoms with van der Waals surface area (Å²) in [5.41, 5.74) is 2.02. The van der Waals surface area contributed by atoms with Gasteiger partial charge in [-0.25, -0.2) is 17.7 Å². The fraction of sp³-hybridized carbons (Fsp3) is 0.567. The number of amides is 1. The van der Waals surface area contributed by atoms with Crippen molar-refractivity contribution in [2.24, 2.45) is 0 Å². The summed E-state index contributed by atoms with van der Waals surface area (Å²) >= 11 is 3.52. The Morgan fingerprint density at radius 3 is 2.69 bits per heavy atom. The predicted octanol–water partition coefficient (Wildman–Crippen LogP) is 4.99. The Morgan fingerprint density at radius 1 is 1.14 bits per heavy atom. The molecule has 4 rings (SSSR count). The number of benzene rings is 1. The quantitative estimate of drug-likeness (QED) is 0.170. The van der Waals surface area contributed by atoms with E-state index in [0.717, 1.165) is 67.3 Å². The molecule has 0 spiro atoms. The summed E-state index contributed by atoms with van der Waals surface area (Å²) in [6.45, 7) is 1.61. The lowest BCUT2D eigenvalue weighted by Crippen LogP contribution is -2.45. The topological polar surface area (TPSA) is 126 Å². The van der Waals surface area contributed by atoms with Crippen LogP contribution in [0.2, 0.25) is 0 Å². The van der Waals surface area contributed by atoms with Crippen LogP contribution in [0.4, 0.5) is 17.5 Å². The third kappa shape index (κ3) is 9.57. The van der Waals surface area contributed by atoms with E-state index in [1.54, 1.807) is 6.20 Å². The van der Waals surface area contributed by atoms with Crippen molar-refractivity contribution in [3.05, 3.63) is 34.4 Å². The maximum absolute atomic E-state index is 12.9. The summed E-state index contributed by atoms with van der Waals surface area (Å²) in [7, 11) is -3.45.